The molecule has 14 heavy (non-hydrogen) atoms. The molecule has 0 aromatic carbocycles. The van der Waals surface area contributed by atoms with Crippen molar-refractivity contribution in [2.24, 2.45) is 4.36 Å². The van der Waals surface area contributed by atoms with Gasteiger partial charge in [0.1, 0.15) is 0 Å². The molecule has 0 unspecified atom stereocenters. The molecule has 0 radical (unpaired) electrons. The topological polar surface area (TPSA) is 47.4 Å². The molecule has 4 nitrogen and oxygen atoms in total. The third kappa shape index (κ3) is 3.83. The Bertz CT molecular complexity index is 335. The summed E-state index contributed by atoms with van der Waals surface area (Å²) in [5.41, 5.74) is 0. The van der Waals surface area contributed by atoms with Crippen LogP contribution in [0.2, 0.25) is 0 Å². The number of hydrogen-bond donors (Lipinski definition) is 0. The van der Waals surface area contributed by atoms with Crippen LogP contribution < -0.4 is 4.74 Å². The largest absolute Gasteiger partial charge is 0.474 e. The lowest BCUT2D eigenvalue weighted by Gasteiger charge is -2.07. The van der Waals surface area contributed by atoms with Gasteiger partial charge in [0.05, 0.1) is 18.5 Å². The summed E-state index contributed by atoms with van der Waals surface area (Å²) < 4.78 is 9.71. The van der Waals surface area contributed by atoms with Gasteiger partial charge in [-0.15, -0.1) is 0 Å². The molecule has 0 aliphatic rings. The molecule has 5 heteroatoms. The van der Waals surface area contributed by atoms with Gasteiger partial charge in [-0.3, -0.25) is 4.98 Å². The van der Waals surface area contributed by atoms with Crippen molar-refractivity contribution in [3.8, 4) is 5.88 Å². The van der Waals surface area contributed by atoms with Crippen molar-refractivity contribution in [3.05, 3.63) is 12.4 Å². The first-order valence-corrected chi connectivity index (χ1v) is 6.36. The zero-order chi connectivity index (χ0) is 10.6. The molecule has 0 N–H and O–H groups in total. The van der Waals surface area contributed by atoms with E-state index in [9.17, 15) is 0 Å². The van der Waals surface area contributed by atoms with Gasteiger partial charge in [0.15, 0.2) is 5.82 Å². The predicted octanol–water partition coefficient (Wildman–Crippen LogP) is 1.96. The number of rotatable bonds is 3. The highest BCUT2D eigenvalue weighted by Gasteiger charge is 2.00. The van der Waals surface area contributed by atoms with E-state index in [-0.39, 0.29) is 16.8 Å². The van der Waals surface area contributed by atoms with Crippen molar-refractivity contribution in [2.75, 3.05) is 12.5 Å². The number of hydrogen-bond acceptors (Lipinski definition) is 4. The summed E-state index contributed by atoms with van der Waals surface area (Å²) >= 11 is 0. The minimum Gasteiger partial charge on any atom is -0.474 e. The van der Waals surface area contributed by atoms with E-state index in [1.54, 1.807) is 12.4 Å². The van der Waals surface area contributed by atoms with Crippen molar-refractivity contribution in [3.63, 3.8) is 0 Å². The second-order valence-corrected chi connectivity index (χ2v) is 4.98. The lowest BCUT2D eigenvalue weighted by molar-refractivity contribution is 0.232. The van der Waals surface area contributed by atoms with Gasteiger partial charge in [-0.1, -0.05) is 10.7 Å². The summed E-state index contributed by atoms with van der Waals surface area (Å²) in [6.07, 6.45) is 7.40. The van der Waals surface area contributed by atoms with Crippen molar-refractivity contribution in [2.45, 2.75) is 20.0 Å². The Kier molecular flexibility index (Phi) is 4.00. The molecule has 0 saturated heterocycles. The number of ether oxygens (including phenoxy) is 1. The Balaban J connectivity index is 2.84. The van der Waals surface area contributed by atoms with E-state index in [1.807, 2.05) is 26.4 Å². The van der Waals surface area contributed by atoms with Gasteiger partial charge >= 0.3 is 0 Å². The number of nitrogens with zero attached hydrogens (tertiary/aromatic N) is 3. The molecule has 0 fully saturated rings. The minimum absolute atomic E-state index is 0.0206. The molecular weight excluding hydrogens is 198 g/mol. The molecule has 0 amide bonds. The van der Waals surface area contributed by atoms with Gasteiger partial charge in [0.2, 0.25) is 5.88 Å². The van der Waals surface area contributed by atoms with Gasteiger partial charge in [-0.2, -0.15) is 4.98 Å². The number of aromatic nitrogens is 2. The van der Waals surface area contributed by atoms with E-state index in [2.05, 4.69) is 14.3 Å². The van der Waals surface area contributed by atoms with Crippen LogP contribution in [-0.2, 0) is 10.7 Å². The lowest BCUT2D eigenvalue weighted by Crippen LogP contribution is -2.06. The highest BCUT2D eigenvalue weighted by atomic mass is 32.2. The highest BCUT2D eigenvalue weighted by molar-refractivity contribution is 7.85. The molecule has 0 aliphatic heterocycles. The summed E-state index contributed by atoms with van der Waals surface area (Å²) in [4.78, 5) is 8.22. The molecule has 0 spiro atoms. The van der Waals surface area contributed by atoms with Crippen LogP contribution in [-0.4, -0.2) is 28.6 Å². The Labute approximate surface area is 86.8 Å². The maximum Gasteiger partial charge on any atom is 0.234 e. The molecule has 78 valence electrons. The molecule has 0 atom stereocenters. The Morgan fingerprint density at radius 2 is 2.07 bits per heavy atom. The normalized spacial score (nSPS) is 10.7. The van der Waals surface area contributed by atoms with Gasteiger partial charge < -0.3 is 4.74 Å². The molecule has 1 aromatic heterocycles. The van der Waals surface area contributed by atoms with Crippen molar-refractivity contribution in [1.82, 2.24) is 9.97 Å². The van der Waals surface area contributed by atoms with Crippen LogP contribution in [0.3, 0.4) is 0 Å². The highest BCUT2D eigenvalue weighted by Crippen LogP contribution is 2.13. The van der Waals surface area contributed by atoms with E-state index >= 15 is 0 Å². The van der Waals surface area contributed by atoms with Crippen LogP contribution in [0.5, 0.6) is 5.88 Å². The second-order valence-electron chi connectivity index (χ2n) is 3.25. The van der Waals surface area contributed by atoms with Crippen molar-refractivity contribution < 1.29 is 4.74 Å². The summed E-state index contributed by atoms with van der Waals surface area (Å²) in [5.74, 6) is 1.17. The first kappa shape index (κ1) is 11.1. The zero-order valence-electron chi connectivity index (χ0n) is 8.89. The first-order chi connectivity index (χ1) is 6.58. The zero-order valence-corrected chi connectivity index (χ0v) is 9.71. The maximum atomic E-state index is 5.41. The van der Waals surface area contributed by atoms with Crippen LogP contribution in [0.4, 0.5) is 5.82 Å². The fourth-order valence-electron chi connectivity index (χ4n) is 0.868. The predicted molar refractivity (Wildman–Crippen MR) is 59.1 cm³/mol. The van der Waals surface area contributed by atoms with Crippen LogP contribution >= 0.6 is 0 Å². The Morgan fingerprint density at radius 3 is 2.64 bits per heavy atom. The van der Waals surface area contributed by atoms with Gasteiger partial charge in [-0.05, 0) is 26.4 Å². The quantitative estimate of drug-likeness (QED) is 0.771. The molecule has 1 aromatic rings. The monoisotopic (exact) mass is 213 g/mol. The fraction of sp³-hybridized carbons (Fsp3) is 0.556. The van der Waals surface area contributed by atoms with Crippen LogP contribution in [0.25, 0.3) is 0 Å². The summed E-state index contributed by atoms with van der Waals surface area (Å²) in [7, 11) is -0.0206. The summed E-state index contributed by atoms with van der Waals surface area (Å²) in [6.45, 7) is 3.91. The molecule has 1 heterocycles. The third-order valence-electron chi connectivity index (χ3n) is 1.23. The summed E-state index contributed by atoms with van der Waals surface area (Å²) in [5, 5.41) is 0. The van der Waals surface area contributed by atoms with Gasteiger partial charge in [0, 0.05) is 0 Å². The fourth-order valence-corrected chi connectivity index (χ4v) is 1.33. The Morgan fingerprint density at radius 1 is 1.36 bits per heavy atom. The van der Waals surface area contributed by atoms with Crippen molar-refractivity contribution in [1.29, 1.82) is 0 Å². The molecule has 0 aliphatic carbocycles. The van der Waals surface area contributed by atoms with Crippen LogP contribution in [0.1, 0.15) is 13.8 Å². The average Bonchev–Trinajstić information content (AvgIpc) is 2.01. The summed E-state index contributed by atoms with van der Waals surface area (Å²) in [6, 6.07) is 0. The second kappa shape index (κ2) is 5.05. The molecule has 0 bridgehead atoms. The van der Waals surface area contributed by atoms with E-state index in [1.165, 1.54) is 0 Å². The van der Waals surface area contributed by atoms with E-state index in [4.69, 9.17) is 4.74 Å². The van der Waals surface area contributed by atoms with Crippen LogP contribution in [0, 0.1) is 0 Å². The molecule has 1 rings (SSSR count). The van der Waals surface area contributed by atoms with Crippen molar-refractivity contribution >= 4 is 16.5 Å². The van der Waals surface area contributed by atoms with Crippen LogP contribution in [0.15, 0.2) is 16.8 Å². The van der Waals surface area contributed by atoms with E-state index in [0.717, 1.165) is 0 Å². The van der Waals surface area contributed by atoms with E-state index in [0.29, 0.717) is 11.7 Å². The molecule has 0 saturated carbocycles. The smallest absolute Gasteiger partial charge is 0.234 e. The first-order valence-electron chi connectivity index (χ1n) is 4.36. The van der Waals surface area contributed by atoms with Gasteiger partial charge in [-0.25, -0.2) is 4.36 Å². The average molecular weight is 213 g/mol. The standard InChI is InChI=1S/C9H15N3OS/c1-7(2)13-9-6-10-5-8(11-9)12-14(3)4/h5-7H,1-4H3. The third-order valence-corrected chi connectivity index (χ3v) is 1.78. The van der Waals surface area contributed by atoms with Gasteiger partial charge in [0.25, 0.3) is 0 Å². The lowest BCUT2D eigenvalue weighted by atomic mass is 10.5. The minimum atomic E-state index is -0.0206. The molecular formula is C9H15N3OS. The Hall–Kier alpha value is -0.970. The van der Waals surface area contributed by atoms with E-state index < -0.39 is 0 Å². The maximum absolute atomic E-state index is 5.41. The SMILES string of the molecule is CC(C)Oc1cncc(N=S(C)C)n1.